The largest absolute Gasteiger partial charge is 0.507 e. The van der Waals surface area contributed by atoms with E-state index in [1.54, 1.807) is 0 Å². The number of phenolic OH excluding ortho intramolecular Hbond substituents is 1. The fourth-order valence-corrected chi connectivity index (χ4v) is 2.54. The minimum atomic E-state index is -4.62. The lowest BCUT2D eigenvalue weighted by atomic mass is 10.1. The maximum atomic E-state index is 13.2. The van der Waals surface area contributed by atoms with E-state index in [1.807, 2.05) is 0 Å². The van der Waals surface area contributed by atoms with Crippen LogP contribution in [0.1, 0.15) is 17.5 Å². The van der Waals surface area contributed by atoms with E-state index in [1.165, 1.54) is 43.5 Å². The Morgan fingerprint density at radius 2 is 1.92 bits per heavy atom. The van der Waals surface area contributed by atoms with Gasteiger partial charge in [-0.15, -0.1) is 0 Å². The van der Waals surface area contributed by atoms with Gasteiger partial charge in [0.05, 0.1) is 30.5 Å². The molecule has 0 spiro atoms. The van der Waals surface area contributed by atoms with Crippen LogP contribution in [0.25, 0.3) is 0 Å². The van der Waals surface area contributed by atoms with Crippen molar-refractivity contribution in [1.82, 2.24) is 0 Å². The molecule has 1 N–H and O–H groups in total. The van der Waals surface area contributed by atoms with Gasteiger partial charge in [-0.1, -0.05) is 12.1 Å². The van der Waals surface area contributed by atoms with Crippen molar-refractivity contribution in [3.63, 3.8) is 0 Å². The zero-order valence-corrected chi connectivity index (χ0v) is 13.0. The van der Waals surface area contributed by atoms with Gasteiger partial charge in [-0.3, -0.25) is 4.79 Å². The minimum Gasteiger partial charge on any atom is -0.507 e. The van der Waals surface area contributed by atoms with Gasteiger partial charge in [0.15, 0.2) is 0 Å². The Morgan fingerprint density at radius 1 is 1.20 bits per heavy atom. The Morgan fingerprint density at radius 3 is 2.60 bits per heavy atom. The molecule has 5 nitrogen and oxygen atoms in total. The summed E-state index contributed by atoms with van der Waals surface area (Å²) in [7, 11) is 1.43. The highest BCUT2D eigenvalue weighted by atomic mass is 19.4. The number of anilines is 1. The number of hydrogen-bond acceptors (Lipinski definition) is 4. The molecule has 0 aliphatic carbocycles. The van der Waals surface area contributed by atoms with Gasteiger partial charge < -0.3 is 9.84 Å². The number of alkyl halides is 3. The van der Waals surface area contributed by atoms with Crippen LogP contribution in [0.15, 0.2) is 47.6 Å². The van der Waals surface area contributed by atoms with Crippen molar-refractivity contribution >= 4 is 17.3 Å². The van der Waals surface area contributed by atoms with Crippen LogP contribution in [0.4, 0.5) is 18.9 Å². The van der Waals surface area contributed by atoms with E-state index in [4.69, 9.17) is 4.74 Å². The van der Waals surface area contributed by atoms with Gasteiger partial charge in [-0.05, 0) is 30.3 Å². The smallest absolute Gasteiger partial charge is 0.418 e. The zero-order valence-electron chi connectivity index (χ0n) is 13.0. The molecule has 0 saturated carbocycles. The maximum absolute atomic E-state index is 13.2. The summed E-state index contributed by atoms with van der Waals surface area (Å²) < 4.78 is 44.6. The predicted molar refractivity (Wildman–Crippen MR) is 84.7 cm³/mol. The molecule has 0 atom stereocenters. The predicted octanol–water partition coefficient (Wildman–Crippen LogP) is 3.56. The molecule has 0 unspecified atom stereocenters. The fourth-order valence-electron chi connectivity index (χ4n) is 2.54. The summed E-state index contributed by atoms with van der Waals surface area (Å²) in [5, 5.41) is 14.7. The van der Waals surface area contributed by atoms with Crippen LogP contribution in [-0.4, -0.2) is 23.8 Å². The Kier molecular flexibility index (Phi) is 4.12. The topological polar surface area (TPSA) is 62.1 Å². The number of ether oxygens (including phenoxy) is 1. The normalized spacial score (nSPS) is 14.6. The summed E-state index contributed by atoms with van der Waals surface area (Å²) in [6, 6.07) is 9.07. The first-order valence-corrected chi connectivity index (χ1v) is 7.25. The van der Waals surface area contributed by atoms with Gasteiger partial charge in [0, 0.05) is 5.56 Å². The standard InChI is InChI=1S/C17H13F3N2O3/c1-25-10-6-7-15(23)11(8-10)13-9-16(24)22(21-13)14-5-3-2-4-12(14)17(18,19)20/h2-8,23H,9H2,1H3. The van der Waals surface area contributed by atoms with Crippen LogP contribution < -0.4 is 9.75 Å². The quantitative estimate of drug-likeness (QED) is 0.921. The van der Waals surface area contributed by atoms with E-state index in [9.17, 15) is 23.1 Å². The highest BCUT2D eigenvalue weighted by Gasteiger charge is 2.38. The molecule has 1 heterocycles. The van der Waals surface area contributed by atoms with Crippen LogP contribution in [-0.2, 0) is 11.0 Å². The minimum absolute atomic E-state index is 0.140. The lowest BCUT2D eigenvalue weighted by Gasteiger charge is -2.17. The molecule has 3 rings (SSSR count). The molecule has 0 aromatic heterocycles. The van der Waals surface area contributed by atoms with Gasteiger partial charge in [0.25, 0.3) is 5.91 Å². The number of hydrogen-bond donors (Lipinski definition) is 1. The number of phenols is 1. The van der Waals surface area contributed by atoms with Crippen molar-refractivity contribution in [1.29, 1.82) is 0 Å². The number of carbonyl (C=O) groups excluding carboxylic acids is 1. The summed E-state index contributed by atoms with van der Waals surface area (Å²) in [5.41, 5.74) is -0.904. The molecule has 130 valence electrons. The van der Waals surface area contributed by atoms with Gasteiger partial charge in [0.2, 0.25) is 0 Å². The summed E-state index contributed by atoms with van der Waals surface area (Å²) >= 11 is 0. The summed E-state index contributed by atoms with van der Waals surface area (Å²) in [6.07, 6.45) is -4.85. The molecule has 25 heavy (non-hydrogen) atoms. The van der Waals surface area contributed by atoms with E-state index in [0.29, 0.717) is 5.75 Å². The summed E-state index contributed by atoms with van der Waals surface area (Å²) in [6.45, 7) is 0. The second-order valence-electron chi connectivity index (χ2n) is 5.33. The molecule has 0 radical (unpaired) electrons. The maximum Gasteiger partial charge on any atom is 0.418 e. The summed E-state index contributed by atoms with van der Waals surface area (Å²) in [4.78, 5) is 12.2. The molecule has 2 aromatic rings. The molecule has 0 fully saturated rings. The van der Waals surface area contributed by atoms with E-state index in [0.717, 1.165) is 11.1 Å². The molecule has 1 amide bonds. The highest BCUT2D eigenvalue weighted by molar-refractivity contribution is 6.20. The SMILES string of the molecule is COc1ccc(O)c(C2=NN(c3ccccc3C(F)(F)F)C(=O)C2)c1. The number of rotatable bonds is 3. The van der Waals surface area contributed by atoms with E-state index in [2.05, 4.69) is 5.10 Å². The van der Waals surface area contributed by atoms with Crippen LogP contribution in [0.2, 0.25) is 0 Å². The molecule has 0 bridgehead atoms. The van der Waals surface area contributed by atoms with Crippen molar-refractivity contribution in [2.75, 3.05) is 12.1 Å². The molecular weight excluding hydrogens is 337 g/mol. The van der Waals surface area contributed by atoms with Crippen LogP contribution in [0.5, 0.6) is 11.5 Å². The molecule has 8 heteroatoms. The highest BCUT2D eigenvalue weighted by Crippen LogP contribution is 2.38. The van der Waals surface area contributed by atoms with E-state index < -0.39 is 17.6 Å². The van der Waals surface area contributed by atoms with Crippen LogP contribution in [0, 0.1) is 0 Å². The van der Waals surface area contributed by atoms with E-state index >= 15 is 0 Å². The van der Waals surface area contributed by atoms with E-state index in [-0.39, 0.29) is 29.1 Å². The Labute approximate surface area is 140 Å². The Hall–Kier alpha value is -3.03. The molecule has 0 saturated heterocycles. The Bertz CT molecular complexity index is 862. The van der Waals surface area contributed by atoms with Crippen LogP contribution >= 0.6 is 0 Å². The second-order valence-corrected chi connectivity index (χ2v) is 5.33. The first-order chi connectivity index (χ1) is 11.8. The monoisotopic (exact) mass is 350 g/mol. The fraction of sp³-hybridized carbons (Fsp3) is 0.176. The average molecular weight is 350 g/mol. The number of amides is 1. The third-order valence-corrected chi connectivity index (χ3v) is 3.73. The number of carbonyl (C=O) groups is 1. The molecule has 1 aliphatic rings. The number of para-hydroxylation sites is 1. The van der Waals surface area contributed by atoms with Crippen LogP contribution in [0.3, 0.4) is 0 Å². The van der Waals surface area contributed by atoms with Crippen molar-refractivity contribution in [2.24, 2.45) is 5.10 Å². The number of hydrazone groups is 1. The van der Waals surface area contributed by atoms with Crippen molar-refractivity contribution in [3.8, 4) is 11.5 Å². The van der Waals surface area contributed by atoms with Crippen molar-refractivity contribution < 1.29 is 27.8 Å². The lowest BCUT2D eigenvalue weighted by molar-refractivity contribution is -0.137. The molecular formula is C17H13F3N2O3. The Balaban J connectivity index is 2.06. The first-order valence-electron chi connectivity index (χ1n) is 7.25. The van der Waals surface area contributed by atoms with Gasteiger partial charge >= 0.3 is 6.18 Å². The first kappa shape index (κ1) is 16.8. The lowest BCUT2D eigenvalue weighted by Crippen LogP contribution is -2.23. The third-order valence-electron chi connectivity index (χ3n) is 3.73. The van der Waals surface area contributed by atoms with Crippen molar-refractivity contribution in [2.45, 2.75) is 12.6 Å². The third kappa shape index (κ3) is 3.15. The average Bonchev–Trinajstić information content (AvgIpc) is 2.96. The number of aromatic hydroxyl groups is 1. The second kappa shape index (κ2) is 6.12. The number of benzene rings is 2. The number of nitrogens with zero attached hydrogens (tertiary/aromatic N) is 2. The zero-order chi connectivity index (χ0) is 18.2. The summed E-state index contributed by atoms with van der Waals surface area (Å²) in [5.74, 6) is -0.329. The number of halogens is 3. The van der Waals surface area contributed by atoms with Crippen molar-refractivity contribution in [3.05, 3.63) is 53.6 Å². The molecule has 2 aromatic carbocycles. The number of methoxy groups -OCH3 is 1. The van der Waals surface area contributed by atoms with Gasteiger partial charge in [-0.25, -0.2) is 0 Å². The van der Waals surface area contributed by atoms with Gasteiger partial charge in [0.1, 0.15) is 11.5 Å². The molecule has 1 aliphatic heterocycles. The van der Waals surface area contributed by atoms with Gasteiger partial charge in [-0.2, -0.15) is 23.3 Å².